The number of likely N-dealkylation sites (N-methyl/N-ethyl adjacent to an activating group) is 1. The van der Waals surface area contributed by atoms with E-state index >= 15 is 0 Å². The van der Waals surface area contributed by atoms with Gasteiger partial charge in [0.2, 0.25) is 0 Å². The fourth-order valence-corrected chi connectivity index (χ4v) is 2.10. The van der Waals surface area contributed by atoms with Gasteiger partial charge in [0.25, 0.3) is 0 Å². The van der Waals surface area contributed by atoms with Crippen molar-refractivity contribution in [1.82, 2.24) is 5.32 Å². The Kier molecular flexibility index (Phi) is 3.17. The van der Waals surface area contributed by atoms with E-state index in [0.717, 1.165) is 13.2 Å². The summed E-state index contributed by atoms with van der Waals surface area (Å²) in [5.74, 6) is 0. The number of rotatable bonds is 3. The monoisotopic (exact) mass is 220 g/mol. The zero-order chi connectivity index (χ0) is 11.6. The van der Waals surface area contributed by atoms with Crippen LogP contribution in [0.1, 0.15) is 13.8 Å². The molecule has 3 heteroatoms. The molecule has 2 rings (SSSR count). The first-order valence-electron chi connectivity index (χ1n) is 5.75. The maximum absolute atomic E-state index is 5.65. The van der Waals surface area contributed by atoms with Gasteiger partial charge >= 0.3 is 0 Å². The van der Waals surface area contributed by atoms with Gasteiger partial charge in [-0.2, -0.15) is 0 Å². The number of nitrogens with zero attached hydrogens (tertiary/aromatic N) is 1. The summed E-state index contributed by atoms with van der Waals surface area (Å²) in [6, 6.07) is 10.8. The number of ether oxygens (including phenoxy) is 1. The Hall–Kier alpha value is -1.06. The Morgan fingerprint density at radius 2 is 2.06 bits per heavy atom. The van der Waals surface area contributed by atoms with Crippen LogP contribution in [0, 0.1) is 0 Å². The third-order valence-electron chi connectivity index (χ3n) is 2.89. The highest BCUT2D eigenvalue weighted by atomic mass is 16.5. The Morgan fingerprint density at radius 1 is 1.38 bits per heavy atom. The van der Waals surface area contributed by atoms with Crippen LogP contribution in [0.5, 0.6) is 0 Å². The van der Waals surface area contributed by atoms with Crippen LogP contribution in [0.4, 0.5) is 5.69 Å². The molecule has 1 heterocycles. The molecule has 1 saturated heterocycles. The van der Waals surface area contributed by atoms with Crippen molar-refractivity contribution in [2.45, 2.75) is 25.6 Å². The highest BCUT2D eigenvalue weighted by Gasteiger charge is 2.31. The van der Waals surface area contributed by atoms with E-state index in [1.807, 2.05) is 6.07 Å². The average Bonchev–Trinajstić information content (AvgIpc) is 2.59. The zero-order valence-electron chi connectivity index (χ0n) is 10.2. The van der Waals surface area contributed by atoms with E-state index < -0.39 is 0 Å². The van der Waals surface area contributed by atoms with E-state index in [1.165, 1.54) is 5.69 Å². The highest BCUT2D eigenvalue weighted by molar-refractivity contribution is 5.45. The normalized spacial score (nSPS) is 23.3. The van der Waals surface area contributed by atoms with Gasteiger partial charge in [-0.1, -0.05) is 18.2 Å². The van der Waals surface area contributed by atoms with Crippen LogP contribution in [-0.4, -0.2) is 32.0 Å². The summed E-state index contributed by atoms with van der Waals surface area (Å²) in [6.45, 7) is 5.88. The standard InChI is InChI=1S/C13H20N2O/c1-13(2)14-11(10-16-13)9-15(3)12-7-5-4-6-8-12/h4-8,11,14H,9-10H2,1-3H3/t11-/m0/s1. The molecule has 1 aromatic carbocycles. The SMILES string of the molecule is CN(C[C@H]1COC(C)(C)N1)c1ccccc1. The van der Waals surface area contributed by atoms with Crippen molar-refractivity contribution in [3.05, 3.63) is 30.3 Å². The van der Waals surface area contributed by atoms with E-state index in [1.54, 1.807) is 0 Å². The first-order chi connectivity index (χ1) is 7.57. The second kappa shape index (κ2) is 4.44. The minimum absolute atomic E-state index is 0.178. The first-order valence-corrected chi connectivity index (χ1v) is 5.75. The molecule has 0 aromatic heterocycles. The van der Waals surface area contributed by atoms with Crippen LogP contribution in [0.3, 0.4) is 0 Å². The van der Waals surface area contributed by atoms with Gasteiger partial charge in [-0.05, 0) is 26.0 Å². The summed E-state index contributed by atoms with van der Waals surface area (Å²) in [6.07, 6.45) is 0. The van der Waals surface area contributed by atoms with Crippen LogP contribution in [0.25, 0.3) is 0 Å². The second-order valence-electron chi connectivity index (χ2n) is 4.88. The molecule has 0 saturated carbocycles. The number of nitrogens with one attached hydrogen (secondary N) is 1. The van der Waals surface area contributed by atoms with Crippen LogP contribution >= 0.6 is 0 Å². The predicted molar refractivity (Wildman–Crippen MR) is 66.7 cm³/mol. The predicted octanol–water partition coefficient (Wildman–Crippen LogP) is 1.85. The molecule has 0 unspecified atom stereocenters. The first kappa shape index (κ1) is 11.4. The summed E-state index contributed by atoms with van der Waals surface area (Å²) in [5, 5.41) is 3.47. The van der Waals surface area contributed by atoms with Crippen LogP contribution in [0.15, 0.2) is 30.3 Å². The molecule has 0 aliphatic carbocycles. The number of anilines is 1. The summed E-state index contributed by atoms with van der Waals surface area (Å²) in [5.41, 5.74) is 1.07. The summed E-state index contributed by atoms with van der Waals surface area (Å²) < 4.78 is 5.65. The molecule has 0 spiro atoms. The van der Waals surface area contributed by atoms with Gasteiger partial charge in [-0.3, -0.25) is 5.32 Å². The second-order valence-corrected chi connectivity index (χ2v) is 4.88. The molecule has 0 radical (unpaired) electrons. The minimum Gasteiger partial charge on any atom is -0.373 e. The number of hydrogen-bond acceptors (Lipinski definition) is 3. The number of hydrogen-bond donors (Lipinski definition) is 1. The van der Waals surface area contributed by atoms with Gasteiger partial charge in [0.1, 0.15) is 5.72 Å². The topological polar surface area (TPSA) is 24.5 Å². The van der Waals surface area contributed by atoms with Crippen LogP contribution < -0.4 is 10.2 Å². The van der Waals surface area contributed by atoms with Crippen LogP contribution in [-0.2, 0) is 4.74 Å². The third kappa shape index (κ3) is 2.74. The van der Waals surface area contributed by atoms with Crippen molar-refractivity contribution in [3.63, 3.8) is 0 Å². The Balaban J connectivity index is 1.91. The molecule has 16 heavy (non-hydrogen) atoms. The van der Waals surface area contributed by atoms with Gasteiger partial charge < -0.3 is 9.64 Å². The molecule has 1 aromatic rings. The fraction of sp³-hybridized carbons (Fsp3) is 0.538. The Morgan fingerprint density at radius 3 is 2.62 bits per heavy atom. The van der Waals surface area contributed by atoms with Crippen molar-refractivity contribution in [1.29, 1.82) is 0 Å². The van der Waals surface area contributed by atoms with Crippen molar-refractivity contribution in [3.8, 4) is 0 Å². The van der Waals surface area contributed by atoms with Gasteiger partial charge in [0.05, 0.1) is 12.6 Å². The largest absolute Gasteiger partial charge is 0.373 e. The smallest absolute Gasteiger partial charge is 0.113 e. The van der Waals surface area contributed by atoms with Crippen molar-refractivity contribution in [2.75, 3.05) is 25.1 Å². The maximum Gasteiger partial charge on any atom is 0.113 e. The molecule has 1 N–H and O–H groups in total. The third-order valence-corrected chi connectivity index (χ3v) is 2.89. The molecule has 1 fully saturated rings. The average molecular weight is 220 g/mol. The van der Waals surface area contributed by atoms with E-state index in [9.17, 15) is 0 Å². The Bertz CT molecular complexity index is 337. The van der Waals surface area contributed by atoms with Crippen molar-refractivity contribution in [2.24, 2.45) is 0 Å². The molecule has 88 valence electrons. The molecule has 1 aliphatic rings. The van der Waals surface area contributed by atoms with E-state index in [-0.39, 0.29) is 5.72 Å². The van der Waals surface area contributed by atoms with E-state index in [0.29, 0.717) is 6.04 Å². The lowest BCUT2D eigenvalue weighted by Gasteiger charge is -2.24. The number of para-hydroxylation sites is 1. The van der Waals surface area contributed by atoms with Gasteiger partial charge in [0.15, 0.2) is 0 Å². The number of benzene rings is 1. The lowest BCUT2D eigenvalue weighted by Crippen LogP contribution is -2.43. The maximum atomic E-state index is 5.65. The summed E-state index contributed by atoms with van der Waals surface area (Å²) in [7, 11) is 2.11. The van der Waals surface area contributed by atoms with Gasteiger partial charge in [-0.15, -0.1) is 0 Å². The lowest BCUT2D eigenvalue weighted by atomic mass is 10.2. The van der Waals surface area contributed by atoms with Crippen molar-refractivity contribution >= 4 is 5.69 Å². The van der Waals surface area contributed by atoms with E-state index in [4.69, 9.17) is 4.74 Å². The summed E-state index contributed by atoms with van der Waals surface area (Å²) >= 11 is 0. The molecular formula is C13H20N2O. The van der Waals surface area contributed by atoms with Gasteiger partial charge in [0, 0.05) is 19.3 Å². The molecule has 3 nitrogen and oxygen atoms in total. The fourth-order valence-electron chi connectivity index (χ4n) is 2.10. The molecule has 0 amide bonds. The van der Waals surface area contributed by atoms with Crippen molar-refractivity contribution < 1.29 is 4.74 Å². The minimum atomic E-state index is -0.178. The summed E-state index contributed by atoms with van der Waals surface area (Å²) in [4.78, 5) is 2.25. The molecule has 1 aliphatic heterocycles. The Labute approximate surface area is 97.4 Å². The molecule has 1 atom stereocenters. The quantitative estimate of drug-likeness (QED) is 0.841. The van der Waals surface area contributed by atoms with E-state index in [2.05, 4.69) is 55.4 Å². The molecule has 0 bridgehead atoms. The zero-order valence-corrected chi connectivity index (χ0v) is 10.2. The lowest BCUT2D eigenvalue weighted by molar-refractivity contribution is 0.0231. The molecular weight excluding hydrogens is 200 g/mol. The highest BCUT2D eigenvalue weighted by Crippen LogP contribution is 2.17. The van der Waals surface area contributed by atoms with Gasteiger partial charge in [-0.25, -0.2) is 0 Å². The van der Waals surface area contributed by atoms with Crippen LogP contribution in [0.2, 0.25) is 0 Å².